The Bertz CT molecular complexity index is 1200. The quantitative estimate of drug-likeness (QED) is 0.231. The third-order valence-electron chi connectivity index (χ3n) is 4.42. The van der Waals surface area contributed by atoms with E-state index in [1.165, 1.54) is 24.3 Å². The Labute approximate surface area is 182 Å². The molecule has 0 aliphatic carbocycles. The molecule has 154 valence electrons. The van der Waals surface area contributed by atoms with Gasteiger partial charge in [-0.25, -0.2) is 9.79 Å². The van der Waals surface area contributed by atoms with Crippen LogP contribution in [0.5, 0.6) is 5.75 Å². The maximum absolute atomic E-state index is 12.1. The second-order valence-corrected chi connectivity index (χ2v) is 7.06. The van der Waals surface area contributed by atoms with E-state index in [1.807, 2.05) is 18.2 Å². The van der Waals surface area contributed by atoms with Gasteiger partial charge in [0.25, 0.3) is 5.69 Å². The number of carbonyl (C=O) groups is 1. The Morgan fingerprint density at radius 2 is 1.81 bits per heavy atom. The Hall–Kier alpha value is -3.97. The molecule has 3 aromatic rings. The van der Waals surface area contributed by atoms with Crippen LogP contribution in [-0.4, -0.2) is 16.8 Å². The van der Waals surface area contributed by atoms with Crippen molar-refractivity contribution in [1.29, 1.82) is 0 Å². The van der Waals surface area contributed by atoms with Crippen LogP contribution in [0.1, 0.15) is 16.7 Å². The summed E-state index contributed by atoms with van der Waals surface area (Å²) in [6.07, 6.45) is 1.60. The second kappa shape index (κ2) is 8.81. The number of aliphatic imine (C=N–C) groups is 1. The molecule has 7 nitrogen and oxygen atoms in total. The molecule has 0 spiro atoms. The van der Waals surface area contributed by atoms with Crippen molar-refractivity contribution >= 4 is 35.2 Å². The fourth-order valence-electron chi connectivity index (χ4n) is 2.87. The molecule has 0 amide bonds. The normalized spacial score (nSPS) is 14.3. The van der Waals surface area contributed by atoms with Crippen LogP contribution in [0, 0.1) is 10.1 Å². The number of ether oxygens (including phenoxy) is 2. The predicted molar refractivity (Wildman–Crippen MR) is 116 cm³/mol. The highest BCUT2D eigenvalue weighted by molar-refractivity contribution is 6.30. The zero-order chi connectivity index (χ0) is 21.8. The molecule has 31 heavy (non-hydrogen) atoms. The van der Waals surface area contributed by atoms with Gasteiger partial charge in [-0.2, -0.15) is 0 Å². The summed E-state index contributed by atoms with van der Waals surface area (Å²) >= 11 is 5.97. The lowest BCUT2D eigenvalue weighted by molar-refractivity contribution is -0.384. The number of carbonyl (C=O) groups excluding carboxylic acids is 1. The Morgan fingerprint density at radius 3 is 2.48 bits per heavy atom. The zero-order valence-electron chi connectivity index (χ0n) is 16.0. The van der Waals surface area contributed by atoms with E-state index in [0.29, 0.717) is 22.9 Å². The molecule has 0 N–H and O–H groups in total. The Morgan fingerprint density at radius 1 is 1.06 bits per heavy atom. The minimum Gasteiger partial charge on any atom is -0.489 e. The first-order chi connectivity index (χ1) is 15.0. The number of hydrogen-bond acceptors (Lipinski definition) is 6. The smallest absolute Gasteiger partial charge is 0.363 e. The zero-order valence-corrected chi connectivity index (χ0v) is 16.8. The third kappa shape index (κ3) is 4.96. The summed E-state index contributed by atoms with van der Waals surface area (Å²) in [5.74, 6) is 0.188. The molecule has 0 saturated carbocycles. The van der Waals surface area contributed by atoms with Gasteiger partial charge in [0.05, 0.1) is 4.92 Å². The SMILES string of the molecule is O=C1OC(c2ccc([N+](=O)[O-])cc2)=N/C1=C\c1ccc(OCc2cccc(Cl)c2)cc1. The number of esters is 1. The van der Waals surface area contributed by atoms with E-state index in [9.17, 15) is 14.9 Å². The van der Waals surface area contributed by atoms with E-state index in [4.69, 9.17) is 21.1 Å². The van der Waals surface area contributed by atoms with Crippen LogP contribution in [-0.2, 0) is 16.1 Å². The van der Waals surface area contributed by atoms with E-state index in [1.54, 1.807) is 36.4 Å². The summed E-state index contributed by atoms with van der Waals surface area (Å²) in [6, 6.07) is 20.2. The summed E-state index contributed by atoms with van der Waals surface area (Å²) in [4.78, 5) is 26.6. The molecular weight excluding hydrogens is 420 g/mol. The van der Waals surface area contributed by atoms with Crippen LogP contribution in [0.3, 0.4) is 0 Å². The molecular formula is C23H15ClN2O5. The van der Waals surface area contributed by atoms with Crippen molar-refractivity contribution in [1.82, 2.24) is 0 Å². The number of non-ortho nitro benzene ring substituents is 1. The monoisotopic (exact) mass is 434 g/mol. The summed E-state index contributed by atoms with van der Waals surface area (Å²) < 4.78 is 10.9. The summed E-state index contributed by atoms with van der Waals surface area (Å²) in [5.41, 5.74) is 2.27. The number of nitrogens with zero attached hydrogens (tertiary/aromatic N) is 2. The fourth-order valence-corrected chi connectivity index (χ4v) is 3.08. The van der Waals surface area contributed by atoms with Crippen LogP contribution in [0.4, 0.5) is 5.69 Å². The van der Waals surface area contributed by atoms with Crippen molar-refractivity contribution in [3.05, 3.63) is 110 Å². The molecule has 0 atom stereocenters. The summed E-state index contributed by atoms with van der Waals surface area (Å²) in [6.45, 7) is 0.385. The molecule has 0 aromatic heterocycles. The van der Waals surface area contributed by atoms with Gasteiger partial charge in [0, 0.05) is 22.7 Å². The van der Waals surface area contributed by atoms with Gasteiger partial charge >= 0.3 is 5.97 Å². The fraction of sp³-hybridized carbons (Fsp3) is 0.0435. The van der Waals surface area contributed by atoms with E-state index < -0.39 is 10.9 Å². The highest BCUT2D eigenvalue weighted by Crippen LogP contribution is 2.22. The van der Waals surface area contributed by atoms with Gasteiger partial charge in [-0.1, -0.05) is 35.9 Å². The van der Waals surface area contributed by atoms with E-state index >= 15 is 0 Å². The van der Waals surface area contributed by atoms with Crippen molar-refractivity contribution in [2.24, 2.45) is 4.99 Å². The van der Waals surface area contributed by atoms with Gasteiger partial charge in [0.15, 0.2) is 5.70 Å². The van der Waals surface area contributed by atoms with Gasteiger partial charge in [-0.05, 0) is 53.6 Å². The average Bonchev–Trinajstić information content (AvgIpc) is 3.13. The number of rotatable bonds is 6. The number of benzene rings is 3. The maximum Gasteiger partial charge on any atom is 0.363 e. The average molecular weight is 435 g/mol. The van der Waals surface area contributed by atoms with Gasteiger partial charge in [-0.15, -0.1) is 0 Å². The summed E-state index contributed by atoms with van der Waals surface area (Å²) in [7, 11) is 0. The molecule has 1 aliphatic heterocycles. The van der Waals surface area contributed by atoms with E-state index in [2.05, 4.69) is 4.99 Å². The van der Waals surface area contributed by atoms with Crippen molar-refractivity contribution in [3.63, 3.8) is 0 Å². The molecule has 1 heterocycles. The Kier molecular flexibility index (Phi) is 5.77. The molecule has 4 rings (SSSR count). The number of hydrogen-bond donors (Lipinski definition) is 0. The van der Waals surface area contributed by atoms with Crippen molar-refractivity contribution in [2.45, 2.75) is 6.61 Å². The molecule has 0 unspecified atom stereocenters. The number of nitro benzene ring substituents is 1. The van der Waals surface area contributed by atoms with Gasteiger partial charge < -0.3 is 9.47 Å². The van der Waals surface area contributed by atoms with Gasteiger partial charge in [0.1, 0.15) is 12.4 Å². The van der Waals surface area contributed by atoms with Crippen molar-refractivity contribution in [2.75, 3.05) is 0 Å². The lowest BCUT2D eigenvalue weighted by Gasteiger charge is -2.07. The van der Waals surface area contributed by atoms with Gasteiger partial charge in [0.2, 0.25) is 5.90 Å². The Balaban J connectivity index is 1.45. The van der Waals surface area contributed by atoms with Crippen LogP contribution in [0.2, 0.25) is 5.02 Å². The molecule has 1 aliphatic rings. The number of cyclic esters (lactones) is 1. The van der Waals surface area contributed by atoms with Crippen molar-refractivity contribution < 1.29 is 19.2 Å². The highest BCUT2D eigenvalue weighted by Gasteiger charge is 2.24. The van der Waals surface area contributed by atoms with Crippen LogP contribution in [0.25, 0.3) is 6.08 Å². The first-order valence-electron chi connectivity index (χ1n) is 9.23. The molecule has 0 bridgehead atoms. The number of nitro groups is 1. The molecule has 0 radical (unpaired) electrons. The largest absolute Gasteiger partial charge is 0.489 e. The number of halogens is 1. The van der Waals surface area contributed by atoms with E-state index in [-0.39, 0.29) is 17.3 Å². The first-order valence-corrected chi connectivity index (χ1v) is 9.60. The topological polar surface area (TPSA) is 91.0 Å². The van der Waals surface area contributed by atoms with Crippen molar-refractivity contribution in [3.8, 4) is 5.75 Å². The van der Waals surface area contributed by atoms with Crippen LogP contribution in [0.15, 0.2) is 83.5 Å². The molecule has 3 aromatic carbocycles. The molecule has 0 saturated heterocycles. The van der Waals surface area contributed by atoms with Gasteiger partial charge in [-0.3, -0.25) is 10.1 Å². The molecule has 0 fully saturated rings. The third-order valence-corrected chi connectivity index (χ3v) is 4.66. The lowest BCUT2D eigenvalue weighted by atomic mass is 10.2. The molecule has 8 heteroatoms. The van der Waals surface area contributed by atoms with Crippen LogP contribution >= 0.6 is 11.6 Å². The predicted octanol–water partition coefficient (Wildman–Crippen LogP) is 5.17. The van der Waals surface area contributed by atoms with Crippen LogP contribution < -0.4 is 4.74 Å². The minimum atomic E-state index is -0.588. The summed E-state index contributed by atoms with van der Waals surface area (Å²) in [5, 5.41) is 11.4. The highest BCUT2D eigenvalue weighted by atomic mass is 35.5. The standard InChI is InChI=1S/C23H15ClN2O5/c24-18-3-1-2-16(12-18)14-30-20-10-4-15(5-11-20)13-21-23(27)31-22(25-21)17-6-8-19(9-7-17)26(28)29/h1-13H,14H2/b21-13-. The second-order valence-electron chi connectivity index (χ2n) is 6.63. The maximum atomic E-state index is 12.1. The first kappa shape index (κ1) is 20.3. The lowest BCUT2D eigenvalue weighted by Crippen LogP contribution is -2.05. The minimum absolute atomic E-state index is 0.0536. The van der Waals surface area contributed by atoms with E-state index in [0.717, 1.165) is 11.1 Å².